The van der Waals surface area contributed by atoms with Crippen molar-refractivity contribution >= 4 is 0 Å². The molecule has 6 heterocycles. The zero-order chi connectivity index (χ0) is 72.8. The predicted octanol–water partition coefficient (Wildman–Crippen LogP) is 23.1. The van der Waals surface area contributed by atoms with E-state index in [0.717, 1.165) is 138 Å². The molecule has 6 aromatic carbocycles. The van der Waals surface area contributed by atoms with Crippen LogP contribution in [-0.4, -0.2) is 43.6 Å². The van der Waals surface area contributed by atoms with Gasteiger partial charge in [-0.2, -0.15) is 0 Å². The molecule has 0 bridgehead atoms. The molecule has 6 aromatic heterocycles. The van der Waals surface area contributed by atoms with Gasteiger partial charge in [0.15, 0.2) is 0 Å². The third-order valence-corrected chi connectivity index (χ3v) is 20.8. The zero-order valence-electron chi connectivity index (χ0n) is 64.5. The molecule has 1 fully saturated rings. The van der Waals surface area contributed by atoms with Gasteiger partial charge in [-0.15, -0.1) is 71.3 Å². The van der Waals surface area contributed by atoms with E-state index < -0.39 is 0 Å². The Bertz CT molecular complexity index is 4500. The summed E-state index contributed by atoms with van der Waals surface area (Å²) in [5, 5.41) is 0. The summed E-state index contributed by atoms with van der Waals surface area (Å²) in [7, 11) is 6.19. The number of hydrogen-bond donors (Lipinski definition) is 0. The largest absolute Gasteiger partial charge is 3.00 e. The number of hydrogen-bond acceptors (Lipinski definition) is 6. The monoisotopic (exact) mass is 1540 g/mol. The van der Waals surface area contributed by atoms with Crippen LogP contribution in [0.4, 0.5) is 0 Å². The molecule has 0 saturated heterocycles. The molecule has 1 aliphatic rings. The van der Waals surface area contributed by atoms with Gasteiger partial charge in [0.2, 0.25) is 0 Å². The van der Waals surface area contributed by atoms with Crippen LogP contribution >= 0.6 is 0 Å². The van der Waals surface area contributed by atoms with Crippen LogP contribution in [0.15, 0.2) is 183 Å². The fraction of sp³-hybridized carbons (Fsp3) is 0.355. The zero-order valence-corrected chi connectivity index (χ0v) is 66.9. The Kier molecular flexibility index (Phi) is 20.0. The third-order valence-electron chi connectivity index (χ3n) is 20.8. The minimum Gasteiger partial charge on any atom is -0.373 e. The number of aryl methyl sites for hydroxylation is 3. The van der Waals surface area contributed by atoms with Crippen molar-refractivity contribution in [2.75, 3.05) is 0 Å². The summed E-state index contributed by atoms with van der Waals surface area (Å²) in [5.74, 6) is 2.90. The van der Waals surface area contributed by atoms with Crippen LogP contribution in [0.25, 0.3) is 101 Å². The minimum atomic E-state index is -0.207. The molecular formula is C93H102IrN9. The van der Waals surface area contributed by atoms with E-state index in [9.17, 15) is 0 Å². The smallest absolute Gasteiger partial charge is 0.373 e. The van der Waals surface area contributed by atoms with E-state index in [1.165, 1.54) is 33.4 Å². The summed E-state index contributed by atoms with van der Waals surface area (Å²) in [5.41, 5.74) is 25.8. The topological polar surface area (TPSA) is 92.1 Å². The van der Waals surface area contributed by atoms with Crippen LogP contribution in [0.2, 0.25) is 0 Å². The van der Waals surface area contributed by atoms with Crippen molar-refractivity contribution in [2.24, 2.45) is 21.1 Å². The maximum atomic E-state index is 5.41. The number of benzene rings is 6. The Labute approximate surface area is 627 Å². The summed E-state index contributed by atoms with van der Waals surface area (Å²) < 4.78 is 6.27. The third kappa shape index (κ3) is 15.2. The molecule has 103 heavy (non-hydrogen) atoms. The van der Waals surface area contributed by atoms with E-state index in [2.05, 4.69) is 323 Å². The Hall–Kier alpha value is -8.95. The maximum Gasteiger partial charge on any atom is 3.00 e. The number of imidazole rings is 3. The van der Waals surface area contributed by atoms with E-state index in [1.54, 1.807) is 0 Å². The summed E-state index contributed by atoms with van der Waals surface area (Å²) in [6, 6.07) is 67.1. The molecule has 0 unspecified atom stereocenters. The molecule has 0 amide bonds. The van der Waals surface area contributed by atoms with Crippen molar-refractivity contribution in [1.82, 2.24) is 43.6 Å². The number of rotatable bonds is 12. The SMILES string of the molecule is Cn1ccnc1-c1[c-]cc(-c2ccccc2C2CC(c3ccccc3-c3c[c-]c(-c4nccn4C)cc3-c3cc(C(C)(C)C)nc(C(C)(C)C)c3)CC(c3ccccc3-c3c[c-]c(-c4nccn4C)cc3-c3cc(C(C)(C)C)nc(C(C)(C)C)c3)C2)c(-c2cc(C(C)(C)C)nc(C(C)(C)C)c2)c1.[Ir+3]. The van der Waals surface area contributed by atoms with Gasteiger partial charge in [0, 0.05) is 125 Å². The van der Waals surface area contributed by atoms with E-state index in [1.807, 2.05) is 37.2 Å². The molecule has 9 nitrogen and oxygen atoms in total. The minimum absolute atomic E-state index is 0. The van der Waals surface area contributed by atoms with Crippen molar-refractivity contribution in [3.8, 4) is 101 Å². The average Bonchev–Trinajstić information content (AvgIpc) is 1.13. The van der Waals surface area contributed by atoms with Crippen molar-refractivity contribution in [3.05, 3.63) is 252 Å². The second kappa shape index (κ2) is 27.9. The van der Waals surface area contributed by atoms with Gasteiger partial charge in [-0.05, 0) is 107 Å². The van der Waals surface area contributed by atoms with Gasteiger partial charge in [-0.3, -0.25) is 29.9 Å². The Morgan fingerprint density at radius 3 is 0.728 bits per heavy atom. The predicted molar refractivity (Wildman–Crippen MR) is 423 cm³/mol. The first-order valence-electron chi connectivity index (χ1n) is 36.5. The summed E-state index contributed by atoms with van der Waals surface area (Å²) >= 11 is 0. The van der Waals surface area contributed by atoms with Gasteiger partial charge in [0.25, 0.3) is 0 Å². The van der Waals surface area contributed by atoms with Crippen molar-refractivity contribution in [3.63, 3.8) is 0 Å². The molecule has 10 heteroatoms. The molecule has 0 aliphatic heterocycles. The average molecular weight is 1540 g/mol. The van der Waals surface area contributed by atoms with Gasteiger partial charge in [-0.25, -0.2) is 0 Å². The molecule has 0 radical (unpaired) electrons. The number of pyridine rings is 3. The van der Waals surface area contributed by atoms with Crippen LogP contribution in [0.1, 0.15) is 212 Å². The molecule has 1 aliphatic carbocycles. The molecule has 13 rings (SSSR count). The first-order chi connectivity index (χ1) is 48.1. The van der Waals surface area contributed by atoms with Crippen molar-refractivity contribution in [1.29, 1.82) is 0 Å². The van der Waals surface area contributed by atoms with Crippen LogP contribution < -0.4 is 0 Å². The van der Waals surface area contributed by atoms with Gasteiger partial charge < -0.3 is 13.7 Å². The number of aromatic nitrogens is 9. The molecular weight excluding hydrogens is 1440 g/mol. The second-order valence-electron chi connectivity index (χ2n) is 35.0. The van der Waals surface area contributed by atoms with Gasteiger partial charge >= 0.3 is 20.1 Å². The quantitative estimate of drug-likeness (QED) is 0.113. The normalized spacial score (nSPS) is 15.5. The Morgan fingerprint density at radius 2 is 0.524 bits per heavy atom. The fourth-order valence-electron chi connectivity index (χ4n) is 14.9. The summed E-state index contributed by atoms with van der Waals surface area (Å²) in [4.78, 5) is 30.9. The van der Waals surface area contributed by atoms with Crippen LogP contribution in [0, 0.1) is 18.2 Å². The molecule has 12 aromatic rings. The van der Waals surface area contributed by atoms with Gasteiger partial charge in [0.05, 0.1) is 17.5 Å². The first kappa shape index (κ1) is 73.8. The second-order valence-corrected chi connectivity index (χ2v) is 35.0. The maximum absolute atomic E-state index is 5.41. The standard InChI is InChI=1S/C93H102N9.Ir/c1-88(2,3)79-52-64(53-80(97-79)89(4,5)6)76-49-58(85-94-40-43-100(85)19)34-37-73(76)70-31-25-22-28-67(70)61-46-62(68-29-23-26-32-71(68)74-38-35-59(86-95-41-44-101(86)20)50-77(74)65-54-81(90(7,8)9)98-82(55-65)91(10,11)12)48-63(47-61)69-30-24-27-33-72(69)75-39-36-60(87-96-42-45-102(87)21)51-78(75)66-56-83(92(13,14)15)99-84(57-66)93(16,17)18;/h22-33,37-45,49-57,61-63H,46-48H2,1-21H3;/q-3;+3. The molecule has 0 N–H and O–H groups in total. The first-order valence-corrected chi connectivity index (χ1v) is 36.5. The fourth-order valence-corrected chi connectivity index (χ4v) is 14.9. The Balaban J connectivity index is 0.00001000. The van der Waals surface area contributed by atoms with E-state index in [0.29, 0.717) is 0 Å². The Morgan fingerprint density at radius 1 is 0.301 bits per heavy atom. The van der Waals surface area contributed by atoms with Crippen LogP contribution in [-0.2, 0) is 73.7 Å². The number of nitrogens with zero attached hydrogens (tertiary/aromatic N) is 9. The van der Waals surface area contributed by atoms with Gasteiger partial charge in [-0.1, -0.05) is 247 Å². The molecule has 1 saturated carbocycles. The molecule has 0 atom stereocenters. The van der Waals surface area contributed by atoms with E-state index >= 15 is 0 Å². The van der Waals surface area contributed by atoms with Gasteiger partial charge in [0.1, 0.15) is 0 Å². The molecule has 528 valence electrons. The van der Waals surface area contributed by atoms with E-state index in [-0.39, 0.29) is 70.3 Å². The summed E-state index contributed by atoms with van der Waals surface area (Å²) in [6.07, 6.45) is 14.4. The molecule has 0 spiro atoms. The van der Waals surface area contributed by atoms with Crippen LogP contribution in [0.5, 0.6) is 0 Å². The van der Waals surface area contributed by atoms with E-state index in [4.69, 9.17) is 29.9 Å². The van der Waals surface area contributed by atoms with Crippen molar-refractivity contribution in [2.45, 2.75) is 194 Å². The van der Waals surface area contributed by atoms with Crippen LogP contribution in [0.3, 0.4) is 0 Å². The summed E-state index contributed by atoms with van der Waals surface area (Å²) in [6.45, 7) is 40.9. The van der Waals surface area contributed by atoms with Crippen molar-refractivity contribution < 1.29 is 20.1 Å².